The summed E-state index contributed by atoms with van der Waals surface area (Å²) in [6.07, 6.45) is 5.68. The lowest BCUT2D eigenvalue weighted by atomic mass is 10.1. The third-order valence-corrected chi connectivity index (χ3v) is 4.66. The van der Waals surface area contributed by atoms with Crippen LogP contribution in [0.5, 0.6) is 0 Å². The molecule has 0 aliphatic carbocycles. The maximum atomic E-state index is 12.5. The van der Waals surface area contributed by atoms with E-state index in [0.29, 0.717) is 5.02 Å². The minimum absolute atomic E-state index is 0.0962. The number of hydrogen-bond acceptors (Lipinski definition) is 2. The first-order valence-corrected chi connectivity index (χ1v) is 8.58. The Bertz CT molecular complexity index is 833. The molecule has 1 amide bonds. The van der Waals surface area contributed by atoms with Crippen molar-refractivity contribution < 1.29 is 4.79 Å². The van der Waals surface area contributed by atoms with Crippen molar-refractivity contribution >= 4 is 17.5 Å². The Hall–Kier alpha value is -2.53. The molecule has 2 unspecified atom stereocenters. The van der Waals surface area contributed by atoms with Crippen LogP contribution in [-0.2, 0) is 4.79 Å². The van der Waals surface area contributed by atoms with E-state index in [1.807, 2.05) is 67.2 Å². The zero-order valence-corrected chi connectivity index (χ0v) is 15.2. The number of carbonyl (C=O) groups is 1. The van der Waals surface area contributed by atoms with Gasteiger partial charge in [-0.3, -0.25) is 9.48 Å². The maximum Gasteiger partial charge on any atom is 0.245 e. The van der Waals surface area contributed by atoms with Crippen LogP contribution in [0.1, 0.15) is 37.2 Å². The van der Waals surface area contributed by atoms with Crippen molar-refractivity contribution in [1.82, 2.24) is 19.7 Å². The van der Waals surface area contributed by atoms with Crippen molar-refractivity contribution in [2.24, 2.45) is 0 Å². The molecule has 2 aromatic heterocycles. The first kappa shape index (κ1) is 17.3. The second-order valence-corrected chi connectivity index (χ2v) is 6.54. The normalized spacial score (nSPS) is 13.4. The second kappa shape index (κ2) is 7.15. The Morgan fingerprint density at radius 2 is 1.80 bits per heavy atom. The fourth-order valence-corrected chi connectivity index (χ4v) is 2.77. The van der Waals surface area contributed by atoms with Crippen molar-refractivity contribution in [2.75, 3.05) is 0 Å². The van der Waals surface area contributed by atoms with Gasteiger partial charge in [0.15, 0.2) is 0 Å². The molecule has 3 rings (SSSR count). The summed E-state index contributed by atoms with van der Waals surface area (Å²) in [6.45, 7) is 5.59. The Kier molecular flexibility index (Phi) is 4.95. The minimum Gasteiger partial charge on any atom is -0.348 e. The smallest absolute Gasteiger partial charge is 0.245 e. The molecule has 0 saturated heterocycles. The average Bonchev–Trinajstić information content (AvgIpc) is 3.25. The molecule has 2 heterocycles. The summed E-state index contributed by atoms with van der Waals surface area (Å²) >= 11 is 6.02. The summed E-state index contributed by atoms with van der Waals surface area (Å²) in [7, 11) is 0. The van der Waals surface area contributed by atoms with Crippen molar-refractivity contribution in [3.8, 4) is 5.69 Å². The first-order valence-electron chi connectivity index (χ1n) is 8.20. The van der Waals surface area contributed by atoms with E-state index in [-0.39, 0.29) is 11.9 Å². The highest BCUT2D eigenvalue weighted by molar-refractivity contribution is 6.31. The lowest BCUT2D eigenvalue weighted by molar-refractivity contribution is -0.124. The summed E-state index contributed by atoms with van der Waals surface area (Å²) in [6, 6.07) is 11.6. The lowest BCUT2D eigenvalue weighted by Gasteiger charge is -2.18. The lowest BCUT2D eigenvalue weighted by Crippen LogP contribution is -2.33. The van der Waals surface area contributed by atoms with E-state index in [0.717, 1.165) is 16.9 Å². The van der Waals surface area contributed by atoms with E-state index in [1.54, 1.807) is 17.8 Å². The van der Waals surface area contributed by atoms with Crippen LogP contribution in [0.15, 0.2) is 55.0 Å². The minimum atomic E-state index is -0.423. The van der Waals surface area contributed by atoms with Gasteiger partial charge < -0.3 is 9.88 Å². The van der Waals surface area contributed by atoms with Crippen molar-refractivity contribution in [3.05, 3.63) is 71.3 Å². The number of amides is 1. The monoisotopic (exact) mass is 356 g/mol. The molecular weight excluding hydrogens is 336 g/mol. The van der Waals surface area contributed by atoms with Crippen LogP contribution < -0.4 is 5.32 Å². The van der Waals surface area contributed by atoms with Gasteiger partial charge in [-0.1, -0.05) is 23.7 Å². The third-order valence-electron chi connectivity index (χ3n) is 4.29. The van der Waals surface area contributed by atoms with E-state index in [4.69, 9.17) is 11.6 Å². The molecule has 0 radical (unpaired) electrons. The summed E-state index contributed by atoms with van der Waals surface area (Å²) in [5.41, 5.74) is 2.85. The zero-order chi connectivity index (χ0) is 18.0. The van der Waals surface area contributed by atoms with Crippen LogP contribution in [0.3, 0.4) is 0 Å². The Morgan fingerprint density at radius 1 is 1.16 bits per heavy atom. The van der Waals surface area contributed by atoms with Crippen LogP contribution >= 0.6 is 11.6 Å². The number of nitrogens with one attached hydrogen (secondary N) is 1. The third kappa shape index (κ3) is 3.77. The van der Waals surface area contributed by atoms with E-state index < -0.39 is 6.04 Å². The number of carbonyl (C=O) groups excluding carboxylic acids is 1. The molecule has 2 atom stereocenters. The fraction of sp³-hybridized carbons (Fsp3) is 0.263. The Labute approximate surface area is 152 Å². The van der Waals surface area contributed by atoms with Crippen molar-refractivity contribution in [3.63, 3.8) is 0 Å². The van der Waals surface area contributed by atoms with Gasteiger partial charge in [0.05, 0.1) is 16.8 Å². The molecule has 0 fully saturated rings. The Morgan fingerprint density at radius 3 is 2.36 bits per heavy atom. The molecule has 1 N–H and O–H groups in total. The van der Waals surface area contributed by atoms with Crippen LogP contribution in [0.4, 0.5) is 0 Å². The van der Waals surface area contributed by atoms with Crippen LogP contribution in [-0.4, -0.2) is 20.3 Å². The maximum absolute atomic E-state index is 12.5. The molecule has 25 heavy (non-hydrogen) atoms. The largest absolute Gasteiger partial charge is 0.348 e. The van der Waals surface area contributed by atoms with Gasteiger partial charge in [0, 0.05) is 24.3 Å². The topological polar surface area (TPSA) is 51.9 Å². The van der Waals surface area contributed by atoms with Gasteiger partial charge in [0.1, 0.15) is 6.04 Å². The second-order valence-electron chi connectivity index (χ2n) is 6.13. The van der Waals surface area contributed by atoms with Gasteiger partial charge in [-0.25, -0.2) is 0 Å². The van der Waals surface area contributed by atoms with Gasteiger partial charge in [0.2, 0.25) is 5.91 Å². The van der Waals surface area contributed by atoms with Crippen molar-refractivity contribution in [1.29, 1.82) is 0 Å². The SMILES string of the molecule is Cc1nn(C(C)C(=O)NC(C)c2ccc(-n3cccc3)cc2)cc1Cl. The molecule has 130 valence electrons. The molecule has 0 saturated carbocycles. The summed E-state index contributed by atoms with van der Waals surface area (Å²) in [5.74, 6) is -0.0962. The van der Waals surface area contributed by atoms with Gasteiger partial charge in [-0.2, -0.15) is 5.10 Å². The molecule has 0 aliphatic heterocycles. The van der Waals surface area contributed by atoms with Crippen LogP contribution in [0.25, 0.3) is 5.69 Å². The fourth-order valence-electron chi connectivity index (χ4n) is 2.64. The van der Waals surface area contributed by atoms with Gasteiger partial charge >= 0.3 is 0 Å². The molecule has 0 bridgehead atoms. The predicted molar refractivity (Wildman–Crippen MR) is 99.0 cm³/mol. The van der Waals surface area contributed by atoms with Crippen LogP contribution in [0.2, 0.25) is 5.02 Å². The number of hydrogen-bond donors (Lipinski definition) is 1. The van der Waals surface area contributed by atoms with Crippen LogP contribution in [0, 0.1) is 6.92 Å². The highest BCUT2D eigenvalue weighted by atomic mass is 35.5. The highest BCUT2D eigenvalue weighted by Gasteiger charge is 2.19. The van der Waals surface area contributed by atoms with E-state index in [9.17, 15) is 4.79 Å². The standard InChI is InChI=1S/C19H21ClN4O/c1-13(16-6-8-17(9-7-16)23-10-4-5-11-23)21-19(25)15(3)24-12-18(20)14(2)22-24/h4-13,15H,1-3H3,(H,21,25). The highest BCUT2D eigenvalue weighted by Crippen LogP contribution is 2.19. The number of benzene rings is 1. The zero-order valence-electron chi connectivity index (χ0n) is 14.5. The molecule has 3 aromatic rings. The average molecular weight is 357 g/mol. The summed E-state index contributed by atoms with van der Waals surface area (Å²) in [4.78, 5) is 12.5. The molecule has 0 spiro atoms. The predicted octanol–water partition coefficient (Wildman–Crippen LogP) is 4.07. The quantitative estimate of drug-likeness (QED) is 0.749. The molecular formula is C19H21ClN4O. The van der Waals surface area contributed by atoms with E-state index >= 15 is 0 Å². The number of aryl methyl sites for hydroxylation is 1. The number of halogens is 1. The molecule has 0 aliphatic rings. The molecule has 6 heteroatoms. The number of aromatic nitrogens is 3. The van der Waals surface area contributed by atoms with Crippen molar-refractivity contribution in [2.45, 2.75) is 32.9 Å². The van der Waals surface area contributed by atoms with Gasteiger partial charge in [-0.15, -0.1) is 0 Å². The van der Waals surface area contributed by atoms with E-state index in [1.165, 1.54) is 0 Å². The first-order chi connectivity index (χ1) is 12.0. The number of rotatable bonds is 5. The Balaban J connectivity index is 1.66. The van der Waals surface area contributed by atoms with Gasteiger partial charge in [0.25, 0.3) is 0 Å². The van der Waals surface area contributed by atoms with Gasteiger partial charge in [-0.05, 0) is 50.6 Å². The molecule has 1 aromatic carbocycles. The molecule has 5 nitrogen and oxygen atoms in total. The van der Waals surface area contributed by atoms with E-state index in [2.05, 4.69) is 10.4 Å². The summed E-state index contributed by atoms with van der Waals surface area (Å²) < 4.78 is 3.63. The number of nitrogens with zero attached hydrogens (tertiary/aromatic N) is 3. The summed E-state index contributed by atoms with van der Waals surface area (Å²) in [5, 5.41) is 7.86.